The van der Waals surface area contributed by atoms with Crippen LogP contribution in [0, 0.1) is 25.5 Å². The molecule has 112 valence electrons. The van der Waals surface area contributed by atoms with E-state index in [4.69, 9.17) is 23.2 Å². The van der Waals surface area contributed by atoms with Crippen LogP contribution < -0.4 is 0 Å². The number of aryl methyl sites for hydroxylation is 2. The Hall–Kier alpha value is -1.26. The highest BCUT2D eigenvalue weighted by molar-refractivity contribution is 6.29. The molecular formula is C15H14Cl2F2N2. The highest BCUT2D eigenvalue weighted by atomic mass is 35.5. The lowest BCUT2D eigenvalue weighted by atomic mass is 10.1. The summed E-state index contributed by atoms with van der Waals surface area (Å²) in [7, 11) is 0. The lowest BCUT2D eigenvalue weighted by Crippen LogP contribution is -1.95. The molecule has 2 aromatic heterocycles. The van der Waals surface area contributed by atoms with Gasteiger partial charge in [-0.25, -0.2) is 18.7 Å². The molecule has 0 amide bonds. The van der Waals surface area contributed by atoms with E-state index in [1.165, 1.54) is 12.1 Å². The van der Waals surface area contributed by atoms with Crippen molar-refractivity contribution in [2.75, 3.05) is 0 Å². The molecule has 0 saturated heterocycles. The van der Waals surface area contributed by atoms with Crippen molar-refractivity contribution in [2.45, 2.75) is 32.6 Å². The Morgan fingerprint density at radius 2 is 1.62 bits per heavy atom. The Bertz CT molecular complexity index is 658. The molecule has 3 rings (SSSR count). The zero-order chi connectivity index (χ0) is 15.6. The Morgan fingerprint density at radius 1 is 1.00 bits per heavy atom. The molecule has 21 heavy (non-hydrogen) atoms. The summed E-state index contributed by atoms with van der Waals surface area (Å²) in [4.78, 5) is 7.50. The molecule has 0 bridgehead atoms. The summed E-state index contributed by atoms with van der Waals surface area (Å²) >= 11 is 11.2. The van der Waals surface area contributed by atoms with Gasteiger partial charge in [-0.1, -0.05) is 23.2 Å². The number of hydrogen-bond acceptors (Lipinski definition) is 2. The van der Waals surface area contributed by atoms with Gasteiger partial charge in [0.15, 0.2) is 0 Å². The van der Waals surface area contributed by atoms with Crippen LogP contribution in [-0.2, 0) is 0 Å². The summed E-state index contributed by atoms with van der Waals surface area (Å²) in [6.07, 6.45) is 2.16. The monoisotopic (exact) mass is 330 g/mol. The molecule has 1 saturated carbocycles. The van der Waals surface area contributed by atoms with Gasteiger partial charge in [-0.2, -0.15) is 0 Å². The first kappa shape index (κ1) is 16.1. The minimum absolute atomic E-state index is 0.179. The number of hydrogen-bond donors (Lipinski definition) is 0. The van der Waals surface area contributed by atoms with Gasteiger partial charge in [-0.3, -0.25) is 0 Å². The second kappa shape index (κ2) is 6.67. The van der Waals surface area contributed by atoms with Crippen LogP contribution in [-0.4, -0.2) is 9.97 Å². The van der Waals surface area contributed by atoms with Crippen LogP contribution in [0.3, 0.4) is 0 Å². The van der Waals surface area contributed by atoms with Gasteiger partial charge < -0.3 is 0 Å². The second-order valence-electron chi connectivity index (χ2n) is 4.91. The summed E-state index contributed by atoms with van der Waals surface area (Å²) in [6.45, 7) is 3.22. The minimum Gasteiger partial charge on any atom is -0.238 e. The van der Waals surface area contributed by atoms with E-state index >= 15 is 0 Å². The van der Waals surface area contributed by atoms with E-state index in [9.17, 15) is 8.78 Å². The van der Waals surface area contributed by atoms with Gasteiger partial charge in [0.05, 0.1) is 11.4 Å². The van der Waals surface area contributed by atoms with Crippen LogP contribution in [0.15, 0.2) is 18.2 Å². The van der Waals surface area contributed by atoms with Crippen molar-refractivity contribution in [1.82, 2.24) is 9.97 Å². The summed E-state index contributed by atoms with van der Waals surface area (Å²) in [5.41, 5.74) is 1.49. The minimum atomic E-state index is -0.320. The molecule has 2 aromatic rings. The Labute approximate surface area is 132 Å². The zero-order valence-electron chi connectivity index (χ0n) is 11.6. The molecule has 0 aliphatic heterocycles. The molecule has 2 nitrogen and oxygen atoms in total. The fraction of sp³-hybridized carbons (Fsp3) is 0.333. The standard InChI is InChI=1S/C9H9ClFN.C6H5ClFN/c1-5-9(11)7(6-2-3-6)4-8(10)12-5;1-4-5(8)2-3-6(7)9-4/h4,6H,2-3H2,1H3;2-3H,1H3. The summed E-state index contributed by atoms with van der Waals surface area (Å²) < 4.78 is 25.7. The third-order valence-electron chi connectivity index (χ3n) is 3.12. The second-order valence-corrected chi connectivity index (χ2v) is 5.68. The van der Waals surface area contributed by atoms with Gasteiger partial charge in [0.2, 0.25) is 0 Å². The summed E-state index contributed by atoms with van der Waals surface area (Å²) in [5.74, 6) is -0.106. The third kappa shape index (κ3) is 4.35. The molecule has 1 aliphatic rings. The van der Waals surface area contributed by atoms with Crippen molar-refractivity contribution in [1.29, 1.82) is 0 Å². The maximum Gasteiger partial charge on any atom is 0.147 e. The lowest BCUT2D eigenvalue weighted by molar-refractivity contribution is 0.593. The van der Waals surface area contributed by atoms with Crippen LogP contribution in [0.5, 0.6) is 0 Å². The van der Waals surface area contributed by atoms with E-state index in [2.05, 4.69) is 9.97 Å². The predicted octanol–water partition coefficient (Wildman–Crippen LogP) is 5.24. The molecule has 2 heterocycles. The van der Waals surface area contributed by atoms with Crippen LogP contribution in [0.25, 0.3) is 0 Å². The molecule has 0 unspecified atom stereocenters. The van der Waals surface area contributed by atoms with Crippen molar-refractivity contribution >= 4 is 23.2 Å². The molecule has 1 fully saturated rings. The quantitative estimate of drug-likeness (QED) is 0.668. The van der Waals surface area contributed by atoms with Gasteiger partial charge in [-0.15, -0.1) is 0 Å². The van der Waals surface area contributed by atoms with E-state index < -0.39 is 0 Å². The van der Waals surface area contributed by atoms with Crippen molar-refractivity contribution in [3.8, 4) is 0 Å². The van der Waals surface area contributed by atoms with Crippen LogP contribution in [0.1, 0.15) is 35.7 Å². The average Bonchev–Trinajstić information content (AvgIpc) is 3.24. The first-order valence-corrected chi connectivity index (χ1v) is 7.25. The molecule has 0 radical (unpaired) electrons. The van der Waals surface area contributed by atoms with Gasteiger partial charge in [0, 0.05) is 0 Å². The fourth-order valence-electron chi connectivity index (χ4n) is 1.85. The molecule has 0 spiro atoms. The van der Waals surface area contributed by atoms with Gasteiger partial charge in [0.25, 0.3) is 0 Å². The van der Waals surface area contributed by atoms with Crippen molar-refractivity contribution < 1.29 is 8.78 Å². The van der Waals surface area contributed by atoms with Gasteiger partial charge in [0.1, 0.15) is 21.9 Å². The highest BCUT2D eigenvalue weighted by Crippen LogP contribution is 2.42. The number of rotatable bonds is 1. The van der Waals surface area contributed by atoms with E-state index in [1.807, 2.05) is 0 Å². The van der Waals surface area contributed by atoms with Gasteiger partial charge >= 0.3 is 0 Å². The number of halogens is 4. The van der Waals surface area contributed by atoms with Gasteiger partial charge in [-0.05, 0) is 56.4 Å². The number of nitrogens with zero attached hydrogens (tertiary/aromatic N) is 2. The lowest BCUT2D eigenvalue weighted by Gasteiger charge is -2.03. The highest BCUT2D eigenvalue weighted by Gasteiger charge is 2.27. The Kier molecular flexibility index (Phi) is 5.12. The maximum absolute atomic E-state index is 13.4. The van der Waals surface area contributed by atoms with E-state index in [-0.39, 0.29) is 11.6 Å². The topological polar surface area (TPSA) is 25.8 Å². The van der Waals surface area contributed by atoms with E-state index in [1.54, 1.807) is 19.9 Å². The van der Waals surface area contributed by atoms with Crippen molar-refractivity contribution in [2.24, 2.45) is 0 Å². The summed E-state index contributed by atoms with van der Waals surface area (Å²) in [6, 6.07) is 4.36. The molecular weight excluding hydrogens is 317 g/mol. The number of pyridine rings is 2. The maximum atomic E-state index is 13.4. The fourth-order valence-corrected chi connectivity index (χ4v) is 2.28. The van der Waals surface area contributed by atoms with Crippen LogP contribution in [0.2, 0.25) is 10.3 Å². The number of aromatic nitrogens is 2. The SMILES string of the molecule is Cc1nc(Cl)cc(C2CC2)c1F.Cc1nc(Cl)ccc1F. The third-order valence-corrected chi connectivity index (χ3v) is 3.53. The van der Waals surface area contributed by atoms with Crippen molar-refractivity contribution in [3.05, 3.63) is 57.1 Å². The van der Waals surface area contributed by atoms with Crippen LogP contribution in [0.4, 0.5) is 8.78 Å². The predicted molar refractivity (Wildman–Crippen MR) is 79.9 cm³/mol. The molecule has 0 atom stereocenters. The average molecular weight is 331 g/mol. The largest absolute Gasteiger partial charge is 0.238 e. The van der Waals surface area contributed by atoms with Crippen molar-refractivity contribution in [3.63, 3.8) is 0 Å². The Morgan fingerprint density at radius 3 is 2.14 bits per heavy atom. The smallest absolute Gasteiger partial charge is 0.147 e. The van der Waals surface area contributed by atoms with E-state index in [0.717, 1.165) is 18.4 Å². The normalized spacial score (nSPS) is 13.6. The zero-order valence-corrected chi connectivity index (χ0v) is 13.1. The molecule has 6 heteroatoms. The summed E-state index contributed by atoms with van der Waals surface area (Å²) in [5, 5.41) is 0.727. The molecule has 0 N–H and O–H groups in total. The first-order chi connectivity index (χ1) is 9.88. The first-order valence-electron chi connectivity index (χ1n) is 6.49. The molecule has 1 aliphatic carbocycles. The molecule has 0 aromatic carbocycles. The Balaban J connectivity index is 0.000000161. The van der Waals surface area contributed by atoms with E-state index in [0.29, 0.717) is 27.6 Å². The van der Waals surface area contributed by atoms with Crippen LogP contribution >= 0.6 is 23.2 Å².